The van der Waals surface area contributed by atoms with Gasteiger partial charge in [-0.3, -0.25) is 0 Å². The number of pyridine rings is 1. The Labute approximate surface area is 167 Å². The second-order valence-corrected chi connectivity index (χ2v) is 7.51. The Bertz CT molecular complexity index is 998. The molecule has 7 heteroatoms. The summed E-state index contributed by atoms with van der Waals surface area (Å²) in [5.74, 6) is 0.399. The minimum atomic E-state index is -4.64. The molecule has 0 saturated heterocycles. The lowest BCUT2D eigenvalue weighted by molar-refractivity contribution is -0.138. The van der Waals surface area contributed by atoms with Crippen LogP contribution in [0.2, 0.25) is 0 Å². The molecule has 0 spiro atoms. The molecule has 0 aliphatic rings. The number of hydrogen-bond donors (Lipinski definition) is 0. The number of alkyl halides is 3. The quantitative estimate of drug-likeness (QED) is 0.417. The molecule has 0 radical (unpaired) electrons. The fourth-order valence-corrected chi connectivity index (χ4v) is 3.89. The second kappa shape index (κ2) is 8.15. The van der Waals surface area contributed by atoms with E-state index in [0.717, 1.165) is 27.9 Å². The SMILES string of the molecule is N#Cc1c(C(F)(F)F)cc(-c2ccccc2)nc1SCc1cccc(Br)c1. The zero-order valence-corrected chi connectivity index (χ0v) is 16.2. The van der Waals surface area contributed by atoms with E-state index in [2.05, 4.69) is 20.9 Å². The summed E-state index contributed by atoms with van der Waals surface area (Å²) in [4.78, 5) is 4.35. The third-order valence-electron chi connectivity index (χ3n) is 3.74. The zero-order valence-electron chi connectivity index (χ0n) is 13.8. The molecule has 0 amide bonds. The van der Waals surface area contributed by atoms with Crippen LogP contribution in [0.5, 0.6) is 0 Å². The lowest BCUT2D eigenvalue weighted by atomic mass is 10.1. The topological polar surface area (TPSA) is 36.7 Å². The fraction of sp³-hybridized carbons (Fsp3) is 0.100. The monoisotopic (exact) mass is 448 g/mol. The highest BCUT2D eigenvalue weighted by Gasteiger charge is 2.36. The van der Waals surface area contributed by atoms with Gasteiger partial charge in [-0.25, -0.2) is 4.98 Å². The largest absolute Gasteiger partial charge is 0.417 e. The summed E-state index contributed by atoms with van der Waals surface area (Å²) >= 11 is 4.49. The van der Waals surface area contributed by atoms with Crippen LogP contribution in [-0.2, 0) is 11.9 Å². The fourth-order valence-electron chi connectivity index (χ4n) is 2.49. The van der Waals surface area contributed by atoms with Gasteiger partial charge < -0.3 is 0 Å². The molecule has 0 fully saturated rings. The second-order valence-electron chi connectivity index (χ2n) is 5.63. The van der Waals surface area contributed by atoms with Crippen molar-refractivity contribution in [2.45, 2.75) is 17.0 Å². The van der Waals surface area contributed by atoms with Crippen LogP contribution in [0.4, 0.5) is 13.2 Å². The minimum Gasteiger partial charge on any atom is -0.240 e. The molecule has 0 N–H and O–H groups in total. The van der Waals surface area contributed by atoms with E-state index in [9.17, 15) is 18.4 Å². The van der Waals surface area contributed by atoms with Crippen LogP contribution in [0.3, 0.4) is 0 Å². The molecule has 0 unspecified atom stereocenters. The minimum absolute atomic E-state index is 0.0751. The normalized spacial score (nSPS) is 11.2. The Morgan fingerprint density at radius 2 is 1.78 bits per heavy atom. The van der Waals surface area contributed by atoms with Gasteiger partial charge in [0.25, 0.3) is 0 Å². The smallest absolute Gasteiger partial charge is 0.240 e. The molecule has 1 aromatic heterocycles. The third kappa shape index (κ3) is 4.71. The molecule has 1 heterocycles. The summed E-state index contributed by atoms with van der Waals surface area (Å²) in [5.41, 5.74) is 0.270. The van der Waals surface area contributed by atoms with E-state index in [1.54, 1.807) is 36.4 Å². The van der Waals surface area contributed by atoms with Crippen LogP contribution in [0.1, 0.15) is 16.7 Å². The van der Waals surface area contributed by atoms with Gasteiger partial charge in [0, 0.05) is 15.8 Å². The van der Waals surface area contributed by atoms with E-state index in [1.807, 2.05) is 24.3 Å². The van der Waals surface area contributed by atoms with Gasteiger partial charge >= 0.3 is 6.18 Å². The average molecular weight is 449 g/mol. The highest BCUT2D eigenvalue weighted by Crippen LogP contribution is 2.38. The molecule has 0 aliphatic carbocycles. The molecule has 0 atom stereocenters. The van der Waals surface area contributed by atoms with Gasteiger partial charge in [0.1, 0.15) is 11.1 Å². The van der Waals surface area contributed by atoms with E-state index in [-0.39, 0.29) is 10.7 Å². The predicted octanol–water partition coefficient (Wildman–Crippen LogP) is 6.69. The summed E-state index contributed by atoms with van der Waals surface area (Å²) < 4.78 is 41.5. The number of hydrogen-bond acceptors (Lipinski definition) is 3. The Hall–Kier alpha value is -2.30. The Morgan fingerprint density at radius 3 is 2.41 bits per heavy atom. The van der Waals surface area contributed by atoms with Gasteiger partial charge in [-0.2, -0.15) is 18.4 Å². The number of nitriles is 1. The Morgan fingerprint density at radius 1 is 1.04 bits per heavy atom. The van der Waals surface area contributed by atoms with Gasteiger partial charge in [0.15, 0.2) is 0 Å². The van der Waals surface area contributed by atoms with Crippen molar-refractivity contribution in [1.82, 2.24) is 4.98 Å². The first-order chi connectivity index (χ1) is 12.9. The maximum atomic E-state index is 13.5. The molecule has 0 bridgehead atoms. The van der Waals surface area contributed by atoms with Crippen LogP contribution in [-0.4, -0.2) is 4.98 Å². The van der Waals surface area contributed by atoms with Crippen molar-refractivity contribution < 1.29 is 13.2 Å². The standard InChI is InChI=1S/C20H12BrF3N2S/c21-15-8-4-5-13(9-15)12-27-19-16(11-25)17(20(22,23)24)10-18(26-19)14-6-2-1-3-7-14/h1-10H,12H2. The first-order valence-corrected chi connectivity index (χ1v) is 9.61. The molecule has 2 aromatic carbocycles. The van der Waals surface area contributed by atoms with E-state index < -0.39 is 17.3 Å². The Balaban J connectivity index is 2.06. The summed E-state index contributed by atoms with van der Waals surface area (Å²) in [5, 5.41) is 9.43. The van der Waals surface area contributed by atoms with Crippen molar-refractivity contribution in [3.05, 3.63) is 81.8 Å². The molecule has 136 valence electrons. The highest BCUT2D eigenvalue weighted by molar-refractivity contribution is 9.10. The Kier molecular flexibility index (Phi) is 5.88. The summed E-state index contributed by atoms with van der Waals surface area (Å²) in [6.07, 6.45) is -4.64. The van der Waals surface area contributed by atoms with Crippen LogP contribution >= 0.6 is 27.7 Å². The molecule has 27 heavy (non-hydrogen) atoms. The number of aromatic nitrogens is 1. The molecule has 0 saturated carbocycles. The maximum absolute atomic E-state index is 13.5. The van der Waals surface area contributed by atoms with E-state index in [4.69, 9.17) is 0 Å². The number of halogens is 4. The number of nitrogens with zero attached hydrogens (tertiary/aromatic N) is 2. The molecule has 3 aromatic rings. The first-order valence-electron chi connectivity index (χ1n) is 7.83. The molecular weight excluding hydrogens is 437 g/mol. The maximum Gasteiger partial charge on any atom is 0.417 e. The van der Waals surface area contributed by atoms with E-state index in [1.165, 1.54) is 0 Å². The van der Waals surface area contributed by atoms with Crippen molar-refractivity contribution in [1.29, 1.82) is 5.26 Å². The zero-order chi connectivity index (χ0) is 19.4. The average Bonchev–Trinajstić information content (AvgIpc) is 2.65. The molecule has 2 nitrogen and oxygen atoms in total. The van der Waals surface area contributed by atoms with E-state index in [0.29, 0.717) is 11.3 Å². The lowest BCUT2D eigenvalue weighted by Gasteiger charge is -2.14. The molecule has 0 aliphatic heterocycles. The van der Waals surface area contributed by atoms with Gasteiger partial charge in [-0.15, -0.1) is 11.8 Å². The van der Waals surface area contributed by atoms with Crippen LogP contribution in [0.25, 0.3) is 11.3 Å². The molecular formula is C20H12BrF3N2S. The third-order valence-corrected chi connectivity index (χ3v) is 5.28. The van der Waals surface area contributed by atoms with E-state index >= 15 is 0 Å². The van der Waals surface area contributed by atoms with Gasteiger partial charge in [0.05, 0.1) is 16.8 Å². The molecule has 3 rings (SSSR count). The van der Waals surface area contributed by atoms with Crippen molar-refractivity contribution in [2.24, 2.45) is 0 Å². The summed E-state index contributed by atoms with van der Waals surface area (Å²) in [6, 6.07) is 18.7. The van der Waals surface area contributed by atoms with Gasteiger partial charge in [-0.1, -0.05) is 58.4 Å². The lowest BCUT2D eigenvalue weighted by Crippen LogP contribution is -2.10. The van der Waals surface area contributed by atoms with Crippen molar-refractivity contribution in [3.8, 4) is 17.3 Å². The summed E-state index contributed by atoms with van der Waals surface area (Å²) in [6.45, 7) is 0. The number of rotatable bonds is 4. The van der Waals surface area contributed by atoms with Crippen molar-refractivity contribution in [3.63, 3.8) is 0 Å². The van der Waals surface area contributed by atoms with Crippen molar-refractivity contribution >= 4 is 27.7 Å². The van der Waals surface area contributed by atoms with Crippen LogP contribution < -0.4 is 0 Å². The summed E-state index contributed by atoms with van der Waals surface area (Å²) in [7, 11) is 0. The van der Waals surface area contributed by atoms with Crippen LogP contribution in [0, 0.1) is 11.3 Å². The number of thioether (sulfide) groups is 1. The highest BCUT2D eigenvalue weighted by atomic mass is 79.9. The number of benzene rings is 2. The van der Waals surface area contributed by atoms with Gasteiger partial charge in [0.2, 0.25) is 0 Å². The first kappa shape index (κ1) is 19.5. The van der Waals surface area contributed by atoms with Crippen LogP contribution in [0.15, 0.2) is 70.2 Å². The predicted molar refractivity (Wildman–Crippen MR) is 103 cm³/mol. The van der Waals surface area contributed by atoms with Gasteiger partial charge in [-0.05, 0) is 23.8 Å². The van der Waals surface area contributed by atoms with Crippen molar-refractivity contribution in [2.75, 3.05) is 0 Å².